The highest BCUT2D eigenvalue weighted by atomic mass is 32.2. The van der Waals surface area contributed by atoms with Crippen LogP contribution < -0.4 is 0 Å². The lowest BCUT2D eigenvalue weighted by Gasteiger charge is -2.06. The number of ether oxygens (including phenoxy) is 1. The van der Waals surface area contributed by atoms with E-state index in [-0.39, 0.29) is 6.04 Å². The lowest BCUT2D eigenvalue weighted by atomic mass is 10.1. The van der Waals surface area contributed by atoms with E-state index in [1.54, 1.807) is 6.26 Å². The molecule has 1 unspecified atom stereocenters. The maximum atomic E-state index is 11.6. The van der Waals surface area contributed by atoms with E-state index in [0.29, 0.717) is 18.4 Å². The molecule has 2 rings (SSSR count). The zero-order valence-corrected chi connectivity index (χ0v) is 11.2. The van der Waals surface area contributed by atoms with Crippen molar-refractivity contribution >= 4 is 16.7 Å². The third-order valence-corrected chi connectivity index (χ3v) is 3.85. The topological polar surface area (TPSA) is 38.7 Å². The maximum Gasteiger partial charge on any atom is 0.217 e. The summed E-state index contributed by atoms with van der Waals surface area (Å²) in [6.07, 6.45) is 1.67. The maximum absolute atomic E-state index is 11.6. The minimum atomic E-state index is -1.02. The first-order chi connectivity index (χ1) is 8.09. The Balaban J connectivity index is 2.36. The standard InChI is InChI=1S/C13H17NO2S/c1-9(2)11-8-16-13(14-11)10-6-4-5-7-12(10)17(3)15/h4-7,9,11H,8H2,1-3H3/t11-,17?/m1/s1. The van der Waals surface area contributed by atoms with Crippen LogP contribution in [-0.4, -0.2) is 29.0 Å². The van der Waals surface area contributed by atoms with Gasteiger partial charge in [0.25, 0.3) is 0 Å². The van der Waals surface area contributed by atoms with Crippen LogP contribution in [0.15, 0.2) is 34.2 Å². The van der Waals surface area contributed by atoms with Gasteiger partial charge in [-0.05, 0) is 18.1 Å². The summed E-state index contributed by atoms with van der Waals surface area (Å²) >= 11 is 0. The Morgan fingerprint density at radius 2 is 2.12 bits per heavy atom. The van der Waals surface area contributed by atoms with Gasteiger partial charge in [-0.15, -0.1) is 0 Å². The van der Waals surface area contributed by atoms with Crippen LogP contribution in [0.25, 0.3) is 0 Å². The van der Waals surface area contributed by atoms with Crippen molar-refractivity contribution in [1.82, 2.24) is 0 Å². The molecule has 0 amide bonds. The third-order valence-electron chi connectivity index (χ3n) is 2.87. The van der Waals surface area contributed by atoms with Gasteiger partial charge in [-0.1, -0.05) is 26.0 Å². The van der Waals surface area contributed by atoms with Gasteiger partial charge in [0.1, 0.15) is 6.61 Å². The minimum Gasteiger partial charge on any atom is -0.475 e. The lowest BCUT2D eigenvalue weighted by molar-refractivity contribution is 0.291. The Morgan fingerprint density at radius 1 is 1.41 bits per heavy atom. The summed E-state index contributed by atoms with van der Waals surface area (Å²) in [6, 6.07) is 7.79. The quantitative estimate of drug-likeness (QED) is 0.826. The fourth-order valence-corrected chi connectivity index (χ4v) is 2.51. The number of nitrogens with zero attached hydrogens (tertiary/aromatic N) is 1. The van der Waals surface area contributed by atoms with E-state index in [2.05, 4.69) is 18.8 Å². The number of rotatable bonds is 3. The predicted molar refractivity (Wildman–Crippen MR) is 69.9 cm³/mol. The summed E-state index contributed by atoms with van der Waals surface area (Å²) in [6.45, 7) is 4.88. The molecule has 0 radical (unpaired) electrons. The largest absolute Gasteiger partial charge is 0.475 e. The van der Waals surface area contributed by atoms with Crippen LogP contribution in [0.3, 0.4) is 0 Å². The van der Waals surface area contributed by atoms with Crippen molar-refractivity contribution in [1.29, 1.82) is 0 Å². The van der Waals surface area contributed by atoms with Gasteiger partial charge in [-0.3, -0.25) is 4.21 Å². The summed E-state index contributed by atoms with van der Waals surface area (Å²) in [4.78, 5) is 5.35. The van der Waals surface area contributed by atoms with Gasteiger partial charge >= 0.3 is 0 Å². The fraction of sp³-hybridized carbons (Fsp3) is 0.462. The molecule has 1 heterocycles. The molecule has 0 bridgehead atoms. The molecule has 1 aromatic carbocycles. The van der Waals surface area contributed by atoms with E-state index >= 15 is 0 Å². The molecule has 0 spiro atoms. The third kappa shape index (κ3) is 2.57. The van der Waals surface area contributed by atoms with Crippen LogP contribution in [0.5, 0.6) is 0 Å². The van der Waals surface area contributed by atoms with Crippen molar-refractivity contribution in [2.75, 3.05) is 12.9 Å². The second-order valence-corrected chi connectivity index (χ2v) is 5.85. The van der Waals surface area contributed by atoms with Gasteiger partial charge in [0.2, 0.25) is 5.90 Å². The number of benzene rings is 1. The van der Waals surface area contributed by atoms with Gasteiger partial charge in [0.05, 0.1) is 27.3 Å². The molecule has 2 atom stereocenters. The van der Waals surface area contributed by atoms with E-state index in [4.69, 9.17) is 4.74 Å². The van der Waals surface area contributed by atoms with E-state index < -0.39 is 10.8 Å². The van der Waals surface area contributed by atoms with Crippen molar-refractivity contribution < 1.29 is 8.95 Å². The molecule has 0 fully saturated rings. The van der Waals surface area contributed by atoms with Crippen LogP contribution in [0.4, 0.5) is 0 Å². The van der Waals surface area contributed by atoms with Gasteiger partial charge in [-0.25, -0.2) is 4.99 Å². The average molecular weight is 251 g/mol. The number of hydrogen-bond donors (Lipinski definition) is 0. The molecule has 1 aliphatic rings. The summed E-state index contributed by atoms with van der Waals surface area (Å²) in [5.41, 5.74) is 0.858. The van der Waals surface area contributed by atoms with E-state index in [0.717, 1.165) is 10.5 Å². The number of aliphatic imine (C=N–C) groups is 1. The predicted octanol–water partition coefficient (Wildman–Crippen LogP) is 2.23. The second-order valence-electron chi connectivity index (χ2n) is 4.51. The van der Waals surface area contributed by atoms with Crippen LogP contribution >= 0.6 is 0 Å². The van der Waals surface area contributed by atoms with Gasteiger partial charge in [0, 0.05) is 6.26 Å². The van der Waals surface area contributed by atoms with Crippen LogP contribution in [-0.2, 0) is 15.5 Å². The monoisotopic (exact) mass is 251 g/mol. The highest BCUT2D eigenvalue weighted by molar-refractivity contribution is 7.84. The zero-order valence-electron chi connectivity index (χ0n) is 10.3. The molecule has 1 aliphatic heterocycles. The highest BCUT2D eigenvalue weighted by Crippen LogP contribution is 2.21. The van der Waals surface area contributed by atoms with Crippen molar-refractivity contribution in [2.45, 2.75) is 24.8 Å². The van der Waals surface area contributed by atoms with E-state index in [9.17, 15) is 4.21 Å². The van der Waals surface area contributed by atoms with Gasteiger partial charge in [0.15, 0.2) is 0 Å². The van der Waals surface area contributed by atoms with E-state index in [1.165, 1.54) is 0 Å². The lowest BCUT2D eigenvalue weighted by Crippen LogP contribution is -2.13. The van der Waals surface area contributed by atoms with Crippen LogP contribution in [0.2, 0.25) is 0 Å². The normalized spacial score (nSPS) is 21.2. The first-order valence-corrected chi connectivity index (χ1v) is 7.29. The van der Waals surface area contributed by atoms with E-state index in [1.807, 2.05) is 24.3 Å². The Labute approximate surface area is 104 Å². The number of hydrogen-bond acceptors (Lipinski definition) is 3. The summed E-state index contributed by atoms with van der Waals surface area (Å²) in [7, 11) is -1.02. The second kappa shape index (κ2) is 5.00. The Morgan fingerprint density at radius 3 is 2.71 bits per heavy atom. The van der Waals surface area contributed by atoms with Gasteiger partial charge < -0.3 is 4.74 Å². The smallest absolute Gasteiger partial charge is 0.217 e. The summed E-state index contributed by atoms with van der Waals surface area (Å²) in [5, 5.41) is 0. The molecule has 4 heteroatoms. The summed E-state index contributed by atoms with van der Waals surface area (Å²) < 4.78 is 17.3. The van der Waals surface area contributed by atoms with Gasteiger partial charge in [-0.2, -0.15) is 0 Å². The highest BCUT2D eigenvalue weighted by Gasteiger charge is 2.24. The molecule has 0 saturated heterocycles. The zero-order chi connectivity index (χ0) is 12.4. The van der Waals surface area contributed by atoms with Crippen LogP contribution in [0, 0.1) is 5.92 Å². The van der Waals surface area contributed by atoms with Crippen LogP contribution in [0.1, 0.15) is 19.4 Å². The Hall–Kier alpha value is -1.16. The molecule has 0 aliphatic carbocycles. The molecule has 92 valence electrons. The SMILES string of the molecule is CC(C)[C@H]1COC(c2ccccc2S(C)=O)=N1. The first-order valence-electron chi connectivity index (χ1n) is 5.73. The average Bonchev–Trinajstić information content (AvgIpc) is 2.78. The molecule has 3 nitrogen and oxygen atoms in total. The summed E-state index contributed by atoms with van der Waals surface area (Å²) in [5.74, 6) is 1.10. The Kier molecular flexibility index (Phi) is 3.62. The molecule has 0 aromatic heterocycles. The molecule has 0 N–H and O–H groups in total. The van der Waals surface area contributed by atoms with Crippen molar-refractivity contribution in [3.8, 4) is 0 Å². The Bertz CT molecular complexity index is 468. The van der Waals surface area contributed by atoms with Crippen molar-refractivity contribution in [3.05, 3.63) is 29.8 Å². The fourth-order valence-electron chi connectivity index (χ4n) is 1.77. The molecular formula is C13H17NO2S. The first kappa shape index (κ1) is 12.3. The molecule has 17 heavy (non-hydrogen) atoms. The molecular weight excluding hydrogens is 234 g/mol. The minimum absolute atomic E-state index is 0.211. The molecule has 1 aromatic rings. The van der Waals surface area contributed by atoms with Crippen molar-refractivity contribution in [3.63, 3.8) is 0 Å². The molecule has 0 saturated carbocycles. The van der Waals surface area contributed by atoms with Crippen molar-refractivity contribution in [2.24, 2.45) is 10.9 Å².